The van der Waals surface area contributed by atoms with E-state index in [1.165, 1.54) is 14.2 Å². The number of rotatable bonds is 5. The Hall–Kier alpha value is -2.95. The summed E-state index contributed by atoms with van der Waals surface area (Å²) in [5, 5.41) is 17.0. The fraction of sp³-hybridized carbons (Fsp3) is 0.182. The second-order valence-corrected chi connectivity index (χ2v) is 4.82. The van der Waals surface area contributed by atoms with Gasteiger partial charge in [-0.05, 0) is 22.8 Å². The topological polar surface area (TPSA) is 131 Å². The van der Waals surface area contributed by atoms with Gasteiger partial charge in [0.2, 0.25) is 17.6 Å². The van der Waals surface area contributed by atoms with E-state index < -0.39 is 0 Å². The van der Waals surface area contributed by atoms with Gasteiger partial charge in [0.05, 0.1) is 14.2 Å². The number of nitrogens with one attached hydrogen (secondary N) is 3. The Bertz CT molecular complexity index is 827. The van der Waals surface area contributed by atoms with Gasteiger partial charge in [-0.2, -0.15) is 10.2 Å². The molecule has 22 heavy (non-hydrogen) atoms. The van der Waals surface area contributed by atoms with Crippen LogP contribution < -0.4 is 20.3 Å². The van der Waals surface area contributed by atoms with Crippen molar-refractivity contribution in [3.63, 3.8) is 0 Å². The molecule has 0 unspecified atom stereocenters. The largest absolute Gasteiger partial charge is 0.481 e. The number of methoxy groups -OCH3 is 2. The number of nitrogens with zero attached hydrogens (tertiary/aromatic N) is 4. The van der Waals surface area contributed by atoms with Crippen LogP contribution in [0.1, 0.15) is 0 Å². The molecule has 0 aliphatic heterocycles. The molecule has 114 valence electrons. The summed E-state index contributed by atoms with van der Waals surface area (Å²) in [6.45, 7) is 0. The van der Waals surface area contributed by atoms with E-state index in [1.54, 1.807) is 12.1 Å². The lowest BCUT2D eigenvalue weighted by Gasteiger charge is -2.10. The van der Waals surface area contributed by atoms with Crippen LogP contribution in [-0.2, 0) is 0 Å². The zero-order valence-electron chi connectivity index (χ0n) is 11.6. The molecule has 3 aromatic rings. The van der Waals surface area contributed by atoms with E-state index in [0.29, 0.717) is 22.4 Å². The molecule has 0 saturated carbocycles. The van der Waals surface area contributed by atoms with Crippen LogP contribution in [0.3, 0.4) is 0 Å². The van der Waals surface area contributed by atoms with Gasteiger partial charge < -0.3 is 14.8 Å². The van der Waals surface area contributed by atoms with E-state index in [-0.39, 0.29) is 16.9 Å². The Morgan fingerprint density at radius 1 is 1.27 bits per heavy atom. The molecule has 3 N–H and O–H groups in total. The minimum atomic E-state index is -0.311. The standard InChI is InChI=1S/C11H11N7O3S/c1-20-6-4-3-5(10(13-6)21-2)12-11-7(9(19)16-22-11)8-14-17-18-15-8/h3-4,12H,1-2H3,(H,16,19)(H,14,15,17,18). The van der Waals surface area contributed by atoms with Gasteiger partial charge in [0.1, 0.15) is 16.3 Å². The zero-order valence-corrected chi connectivity index (χ0v) is 12.4. The van der Waals surface area contributed by atoms with Gasteiger partial charge in [0.25, 0.3) is 5.56 Å². The zero-order chi connectivity index (χ0) is 15.5. The van der Waals surface area contributed by atoms with E-state index in [1.807, 2.05) is 0 Å². The lowest BCUT2D eigenvalue weighted by atomic mass is 10.3. The fourth-order valence-electron chi connectivity index (χ4n) is 1.77. The Kier molecular flexibility index (Phi) is 3.70. The van der Waals surface area contributed by atoms with Gasteiger partial charge in [0.15, 0.2) is 0 Å². The number of anilines is 2. The molecule has 0 aliphatic carbocycles. The van der Waals surface area contributed by atoms with Crippen molar-refractivity contribution < 1.29 is 9.47 Å². The summed E-state index contributed by atoms with van der Waals surface area (Å²) in [6, 6.07) is 3.41. The van der Waals surface area contributed by atoms with Gasteiger partial charge in [-0.25, -0.2) is 0 Å². The van der Waals surface area contributed by atoms with Crippen LogP contribution in [-0.4, -0.2) is 44.2 Å². The summed E-state index contributed by atoms with van der Waals surface area (Å²) in [7, 11) is 3.01. The third-order valence-corrected chi connectivity index (χ3v) is 3.55. The van der Waals surface area contributed by atoms with E-state index in [4.69, 9.17) is 9.47 Å². The molecular weight excluding hydrogens is 310 g/mol. The number of aromatic nitrogens is 6. The summed E-state index contributed by atoms with van der Waals surface area (Å²) < 4.78 is 12.9. The first-order valence-corrected chi connectivity index (χ1v) is 6.86. The van der Waals surface area contributed by atoms with Gasteiger partial charge in [-0.3, -0.25) is 9.17 Å². The second kappa shape index (κ2) is 5.81. The second-order valence-electron chi connectivity index (χ2n) is 4.01. The third kappa shape index (κ3) is 2.48. The normalized spacial score (nSPS) is 10.5. The molecule has 0 aromatic carbocycles. The number of tetrazole rings is 1. The average molecular weight is 321 g/mol. The van der Waals surface area contributed by atoms with Crippen LogP contribution in [0, 0.1) is 0 Å². The van der Waals surface area contributed by atoms with Crippen LogP contribution in [0.5, 0.6) is 11.8 Å². The van der Waals surface area contributed by atoms with Gasteiger partial charge in [-0.1, -0.05) is 0 Å². The van der Waals surface area contributed by atoms with Crippen molar-refractivity contribution in [1.82, 2.24) is 30.0 Å². The first kappa shape index (κ1) is 14.0. The van der Waals surface area contributed by atoms with Crippen LogP contribution in [0.4, 0.5) is 10.7 Å². The minimum absolute atomic E-state index is 0.199. The number of hydrogen-bond donors (Lipinski definition) is 3. The molecule has 11 heteroatoms. The maximum absolute atomic E-state index is 11.9. The van der Waals surface area contributed by atoms with Gasteiger partial charge in [-0.15, -0.1) is 10.2 Å². The maximum Gasteiger partial charge on any atom is 0.271 e. The molecule has 0 aliphatic rings. The summed E-state index contributed by atoms with van der Waals surface area (Å²) in [6.07, 6.45) is 0. The molecule has 0 radical (unpaired) electrons. The molecule has 0 saturated heterocycles. The Morgan fingerprint density at radius 3 is 2.82 bits per heavy atom. The van der Waals surface area contributed by atoms with Crippen molar-refractivity contribution in [2.75, 3.05) is 19.5 Å². The highest BCUT2D eigenvalue weighted by Crippen LogP contribution is 2.32. The molecule has 3 aromatic heterocycles. The predicted octanol–water partition coefficient (Wildman–Crippen LogP) is 0.772. The van der Waals surface area contributed by atoms with Crippen LogP contribution in [0.2, 0.25) is 0 Å². The smallest absolute Gasteiger partial charge is 0.271 e. The minimum Gasteiger partial charge on any atom is -0.481 e. The molecule has 3 rings (SSSR count). The molecule has 0 atom stereocenters. The fourth-order valence-corrected chi connectivity index (χ4v) is 2.52. The predicted molar refractivity (Wildman–Crippen MR) is 78.7 cm³/mol. The first-order chi connectivity index (χ1) is 10.7. The Balaban J connectivity index is 2.00. The van der Waals surface area contributed by atoms with Crippen molar-refractivity contribution >= 4 is 22.2 Å². The number of H-pyrrole nitrogens is 2. The van der Waals surface area contributed by atoms with Crippen molar-refractivity contribution in [2.45, 2.75) is 0 Å². The number of pyridine rings is 1. The van der Waals surface area contributed by atoms with E-state index >= 15 is 0 Å². The van der Waals surface area contributed by atoms with Gasteiger partial charge >= 0.3 is 0 Å². The summed E-state index contributed by atoms with van der Waals surface area (Å²) in [4.78, 5) is 16.1. The highest BCUT2D eigenvalue weighted by molar-refractivity contribution is 7.10. The Labute approximate surface area is 127 Å². The average Bonchev–Trinajstić information content (AvgIpc) is 3.17. The van der Waals surface area contributed by atoms with Crippen LogP contribution in [0.15, 0.2) is 16.9 Å². The molecule has 0 amide bonds. The Morgan fingerprint density at radius 2 is 2.14 bits per heavy atom. The molecule has 0 fully saturated rings. The summed E-state index contributed by atoms with van der Waals surface area (Å²) >= 11 is 1.11. The molecule has 10 nitrogen and oxygen atoms in total. The molecule has 3 heterocycles. The van der Waals surface area contributed by atoms with Crippen molar-refractivity contribution in [3.8, 4) is 23.1 Å². The number of hydrogen-bond acceptors (Lipinski definition) is 9. The van der Waals surface area contributed by atoms with Crippen molar-refractivity contribution in [3.05, 3.63) is 22.5 Å². The summed E-state index contributed by atoms with van der Waals surface area (Å²) in [5.41, 5.74) is 0.550. The highest BCUT2D eigenvalue weighted by Gasteiger charge is 2.18. The van der Waals surface area contributed by atoms with E-state index in [2.05, 4.69) is 35.3 Å². The van der Waals surface area contributed by atoms with Crippen LogP contribution in [0.25, 0.3) is 11.4 Å². The van der Waals surface area contributed by atoms with E-state index in [9.17, 15) is 4.79 Å². The van der Waals surface area contributed by atoms with E-state index in [0.717, 1.165) is 11.5 Å². The molecule has 0 bridgehead atoms. The third-order valence-electron chi connectivity index (χ3n) is 2.75. The lowest BCUT2D eigenvalue weighted by molar-refractivity contribution is 0.366. The SMILES string of the molecule is COc1ccc(Nc2s[nH]c(=O)c2-c2nn[nH]n2)c(OC)n1. The van der Waals surface area contributed by atoms with Gasteiger partial charge in [0, 0.05) is 6.07 Å². The monoisotopic (exact) mass is 321 g/mol. The summed E-state index contributed by atoms with van der Waals surface area (Å²) in [5.74, 6) is 0.952. The molecule has 0 spiro atoms. The van der Waals surface area contributed by atoms with Crippen molar-refractivity contribution in [1.29, 1.82) is 0 Å². The quantitative estimate of drug-likeness (QED) is 0.628. The lowest BCUT2D eigenvalue weighted by Crippen LogP contribution is -2.04. The molecular formula is C11H11N7O3S. The maximum atomic E-state index is 11.9. The van der Waals surface area contributed by atoms with Crippen LogP contribution >= 0.6 is 11.5 Å². The van der Waals surface area contributed by atoms with Crippen molar-refractivity contribution in [2.24, 2.45) is 0 Å². The number of ether oxygens (including phenoxy) is 2. The highest BCUT2D eigenvalue weighted by atomic mass is 32.1. The first-order valence-electron chi connectivity index (χ1n) is 6.04. The number of aromatic amines is 2.